The highest BCUT2D eigenvalue weighted by atomic mass is 16.6. The van der Waals surface area contributed by atoms with Crippen LogP contribution in [0, 0.1) is 17.0 Å². The zero-order chi connectivity index (χ0) is 21.5. The van der Waals surface area contributed by atoms with E-state index in [1.807, 2.05) is 13.0 Å². The third-order valence-corrected chi connectivity index (χ3v) is 5.71. The van der Waals surface area contributed by atoms with Crippen LogP contribution in [0.5, 0.6) is 0 Å². The summed E-state index contributed by atoms with van der Waals surface area (Å²) in [5.41, 5.74) is 4.01. The Hall–Kier alpha value is -4.07. The van der Waals surface area contributed by atoms with Gasteiger partial charge in [-0.2, -0.15) is 0 Å². The Morgan fingerprint density at radius 3 is 2.71 bits per heavy atom. The number of anilines is 1. The monoisotopic (exact) mass is 413 g/mol. The van der Waals surface area contributed by atoms with Gasteiger partial charge < -0.3 is 4.90 Å². The van der Waals surface area contributed by atoms with Gasteiger partial charge in [0, 0.05) is 37.6 Å². The molecule has 4 aromatic rings. The summed E-state index contributed by atoms with van der Waals surface area (Å²) in [5, 5.41) is 11.5. The number of hydrogen-bond acceptors (Lipinski definition) is 6. The summed E-state index contributed by atoms with van der Waals surface area (Å²) in [7, 11) is 0. The highest BCUT2D eigenvalue weighted by Crippen LogP contribution is 2.24. The minimum Gasteiger partial charge on any atom is -0.336 e. The summed E-state index contributed by atoms with van der Waals surface area (Å²) < 4.78 is 1.41. The maximum Gasteiger partial charge on any atom is 0.271 e. The van der Waals surface area contributed by atoms with Crippen LogP contribution < -0.4 is 10.5 Å². The molecule has 0 radical (unpaired) electrons. The van der Waals surface area contributed by atoms with E-state index in [4.69, 9.17) is 0 Å². The van der Waals surface area contributed by atoms with Gasteiger partial charge in [-0.1, -0.05) is 30.3 Å². The molecule has 0 atom stereocenters. The molecule has 154 valence electrons. The zero-order valence-electron chi connectivity index (χ0n) is 16.9. The maximum atomic E-state index is 13.1. The molecule has 8 heteroatoms. The fourth-order valence-electron chi connectivity index (χ4n) is 4.00. The molecule has 8 nitrogen and oxygen atoms in total. The largest absolute Gasteiger partial charge is 0.336 e. The number of aryl methyl sites for hydroxylation is 1. The molecule has 0 aliphatic carbocycles. The molecule has 0 spiro atoms. The predicted molar refractivity (Wildman–Crippen MR) is 118 cm³/mol. The first-order chi connectivity index (χ1) is 15.0. The second-order valence-electron chi connectivity index (χ2n) is 7.63. The van der Waals surface area contributed by atoms with Crippen molar-refractivity contribution in [3.63, 3.8) is 0 Å². The van der Waals surface area contributed by atoms with Crippen molar-refractivity contribution in [3.8, 4) is 5.69 Å². The number of nitro benzene ring substituents is 1. The summed E-state index contributed by atoms with van der Waals surface area (Å²) in [6, 6.07) is 14.6. The molecule has 31 heavy (non-hydrogen) atoms. The quantitative estimate of drug-likeness (QED) is 0.377. The number of fused-ring (bicyclic) bond motifs is 2. The van der Waals surface area contributed by atoms with Gasteiger partial charge in [0.2, 0.25) is 5.95 Å². The van der Waals surface area contributed by atoms with Gasteiger partial charge >= 0.3 is 0 Å². The first-order valence-electron chi connectivity index (χ1n) is 9.97. The number of pyridine rings is 1. The summed E-state index contributed by atoms with van der Waals surface area (Å²) in [6.45, 7) is 3.35. The fourth-order valence-corrected chi connectivity index (χ4v) is 4.00. The van der Waals surface area contributed by atoms with Gasteiger partial charge in [0.1, 0.15) is 0 Å². The topological polar surface area (TPSA) is 94.2 Å². The Bertz CT molecular complexity index is 1400. The maximum absolute atomic E-state index is 13.1. The van der Waals surface area contributed by atoms with Crippen LogP contribution in [0.15, 0.2) is 65.7 Å². The fraction of sp³-hybridized carbons (Fsp3) is 0.174. The molecule has 0 N–H and O–H groups in total. The second-order valence-corrected chi connectivity index (χ2v) is 7.63. The van der Waals surface area contributed by atoms with Crippen LogP contribution in [-0.2, 0) is 13.0 Å². The molecule has 2 aromatic heterocycles. The molecular weight excluding hydrogens is 394 g/mol. The second kappa shape index (κ2) is 7.32. The Morgan fingerprint density at radius 1 is 1.10 bits per heavy atom. The van der Waals surface area contributed by atoms with Crippen molar-refractivity contribution in [2.75, 3.05) is 11.4 Å². The van der Waals surface area contributed by atoms with E-state index in [0.29, 0.717) is 22.5 Å². The third-order valence-electron chi connectivity index (χ3n) is 5.71. The van der Waals surface area contributed by atoms with E-state index in [-0.39, 0.29) is 11.2 Å². The number of aromatic nitrogens is 3. The summed E-state index contributed by atoms with van der Waals surface area (Å²) in [4.78, 5) is 35.0. The van der Waals surface area contributed by atoms with Crippen LogP contribution in [0.4, 0.5) is 11.6 Å². The molecule has 1 aliphatic rings. The van der Waals surface area contributed by atoms with Crippen LogP contribution in [0.25, 0.3) is 16.6 Å². The van der Waals surface area contributed by atoms with E-state index in [2.05, 4.69) is 33.1 Å². The first-order valence-corrected chi connectivity index (χ1v) is 9.97. The molecule has 0 unspecified atom stereocenters. The minimum absolute atomic E-state index is 0.0652. The lowest BCUT2D eigenvalue weighted by Gasteiger charge is -2.28. The lowest BCUT2D eigenvalue weighted by molar-refractivity contribution is -0.384. The van der Waals surface area contributed by atoms with E-state index in [9.17, 15) is 14.9 Å². The van der Waals surface area contributed by atoms with Crippen molar-refractivity contribution in [1.29, 1.82) is 0 Å². The van der Waals surface area contributed by atoms with Crippen molar-refractivity contribution in [2.24, 2.45) is 0 Å². The van der Waals surface area contributed by atoms with Crippen LogP contribution >= 0.6 is 0 Å². The summed E-state index contributed by atoms with van der Waals surface area (Å²) in [6.07, 6.45) is 4.08. The molecule has 0 bridgehead atoms. The third kappa shape index (κ3) is 3.31. The standard InChI is InChI=1S/C23H19N5O3/c1-15-6-7-18(28(30)31)12-21(15)27-11-9-20-19(22(27)29)13-24-23(25-20)26-10-8-16-4-2-3-5-17(16)14-26/h2-7,9,11-13H,8,10,14H2,1H3. The number of rotatable bonds is 3. The summed E-state index contributed by atoms with van der Waals surface area (Å²) in [5.74, 6) is 0.589. The van der Waals surface area contributed by atoms with Gasteiger partial charge in [0.05, 0.1) is 21.5 Å². The predicted octanol–water partition coefficient (Wildman–Crippen LogP) is 3.56. The molecule has 0 fully saturated rings. The van der Waals surface area contributed by atoms with E-state index in [1.165, 1.54) is 27.8 Å². The molecule has 0 amide bonds. The molecule has 3 heterocycles. The zero-order valence-corrected chi connectivity index (χ0v) is 16.9. The van der Waals surface area contributed by atoms with Gasteiger partial charge in [-0.05, 0) is 36.1 Å². The van der Waals surface area contributed by atoms with Crippen LogP contribution in [0.1, 0.15) is 16.7 Å². The Morgan fingerprint density at radius 2 is 1.90 bits per heavy atom. The number of nitro groups is 1. The first kappa shape index (κ1) is 18.9. The van der Waals surface area contributed by atoms with Gasteiger partial charge in [-0.15, -0.1) is 0 Å². The number of non-ortho nitro benzene ring substituents is 1. The molecule has 1 aliphatic heterocycles. The highest BCUT2D eigenvalue weighted by Gasteiger charge is 2.19. The van der Waals surface area contributed by atoms with E-state index >= 15 is 0 Å². The SMILES string of the molecule is Cc1ccc([N+](=O)[O-])cc1-n1ccc2nc(N3CCc4ccccc4C3)ncc2c1=O. The van der Waals surface area contributed by atoms with Crippen molar-refractivity contribution in [3.05, 3.63) is 98.1 Å². The van der Waals surface area contributed by atoms with Crippen LogP contribution in [0.2, 0.25) is 0 Å². The van der Waals surface area contributed by atoms with Crippen molar-refractivity contribution in [2.45, 2.75) is 19.9 Å². The van der Waals surface area contributed by atoms with Gasteiger partial charge in [0.15, 0.2) is 0 Å². The van der Waals surface area contributed by atoms with Crippen LogP contribution in [-0.4, -0.2) is 26.0 Å². The number of hydrogen-bond donors (Lipinski definition) is 0. The van der Waals surface area contributed by atoms with E-state index in [1.54, 1.807) is 24.5 Å². The average molecular weight is 413 g/mol. The highest BCUT2D eigenvalue weighted by molar-refractivity contribution is 5.78. The van der Waals surface area contributed by atoms with Crippen molar-refractivity contribution in [1.82, 2.24) is 14.5 Å². The Kier molecular flexibility index (Phi) is 4.47. The molecule has 5 rings (SSSR count). The summed E-state index contributed by atoms with van der Waals surface area (Å²) >= 11 is 0. The van der Waals surface area contributed by atoms with Crippen molar-refractivity contribution >= 4 is 22.5 Å². The molecular formula is C23H19N5O3. The Balaban J connectivity index is 1.54. The minimum atomic E-state index is -0.471. The van der Waals surface area contributed by atoms with Crippen molar-refractivity contribution < 1.29 is 4.92 Å². The van der Waals surface area contributed by atoms with Crippen LogP contribution in [0.3, 0.4) is 0 Å². The number of benzene rings is 2. The lowest BCUT2D eigenvalue weighted by atomic mass is 10.0. The molecule has 0 saturated heterocycles. The lowest BCUT2D eigenvalue weighted by Crippen LogP contribution is -2.32. The molecule has 2 aromatic carbocycles. The normalized spacial score (nSPS) is 13.3. The van der Waals surface area contributed by atoms with Gasteiger partial charge in [-0.3, -0.25) is 19.5 Å². The van der Waals surface area contributed by atoms with E-state index < -0.39 is 4.92 Å². The molecule has 0 saturated carbocycles. The smallest absolute Gasteiger partial charge is 0.271 e. The average Bonchev–Trinajstić information content (AvgIpc) is 2.79. The van der Waals surface area contributed by atoms with Gasteiger partial charge in [-0.25, -0.2) is 9.97 Å². The Labute approximate surface area is 177 Å². The van der Waals surface area contributed by atoms with Gasteiger partial charge in [0.25, 0.3) is 11.2 Å². The number of nitrogens with zero attached hydrogens (tertiary/aromatic N) is 5. The van der Waals surface area contributed by atoms with E-state index in [0.717, 1.165) is 25.1 Å².